The summed E-state index contributed by atoms with van der Waals surface area (Å²) < 4.78 is 5.39. The molecular weight excluding hydrogens is 254 g/mol. The van der Waals surface area contributed by atoms with Crippen molar-refractivity contribution >= 4 is 5.91 Å². The van der Waals surface area contributed by atoms with Crippen LogP contribution in [0.15, 0.2) is 0 Å². The second-order valence-corrected chi connectivity index (χ2v) is 6.47. The molecule has 0 aromatic carbocycles. The lowest BCUT2D eigenvalue weighted by Gasteiger charge is -2.37. The first-order valence-corrected chi connectivity index (χ1v) is 8.10. The Balaban J connectivity index is 1.36. The van der Waals surface area contributed by atoms with Crippen molar-refractivity contribution in [2.75, 3.05) is 59.0 Å². The molecule has 0 spiro atoms. The number of hydrogen-bond donors (Lipinski definition) is 1. The van der Waals surface area contributed by atoms with Gasteiger partial charge in [-0.05, 0) is 37.8 Å². The Morgan fingerprint density at radius 2 is 1.75 bits per heavy atom. The topological polar surface area (TPSA) is 44.8 Å². The van der Waals surface area contributed by atoms with Crippen LogP contribution >= 0.6 is 0 Å². The van der Waals surface area contributed by atoms with Crippen molar-refractivity contribution in [3.63, 3.8) is 0 Å². The number of nitrogens with zero attached hydrogens (tertiary/aromatic N) is 2. The van der Waals surface area contributed by atoms with Crippen LogP contribution in [0.5, 0.6) is 0 Å². The molecular formula is C15H27N3O2. The molecule has 5 nitrogen and oxygen atoms in total. The maximum absolute atomic E-state index is 12.2. The highest BCUT2D eigenvalue weighted by atomic mass is 16.5. The van der Waals surface area contributed by atoms with Gasteiger partial charge in [0, 0.05) is 39.1 Å². The lowest BCUT2D eigenvalue weighted by molar-refractivity contribution is -0.134. The highest BCUT2D eigenvalue weighted by Gasteiger charge is 2.27. The van der Waals surface area contributed by atoms with Crippen LogP contribution < -0.4 is 5.32 Å². The van der Waals surface area contributed by atoms with Gasteiger partial charge in [-0.15, -0.1) is 0 Å². The van der Waals surface area contributed by atoms with Crippen LogP contribution in [-0.2, 0) is 9.53 Å². The third-order valence-electron chi connectivity index (χ3n) is 4.92. The summed E-state index contributed by atoms with van der Waals surface area (Å²) in [6.07, 6.45) is 3.10. The Kier molecular flexibility index (Phi) is 4.91. The number of carbonyl (C=O) groups excluding carboxylic acids is 1. The third kappa shape index (κ3) is 3.71. The van der Waals surface area contributed by atoms with Gasteiger partial charge >= 0.3 is 0 Å². The summed E-state index contributed by atoms with van der Waals surface area (Å²) in [5, 5.41) is 3.24. The average molecular weight is 281 g/mol. The highest BCUT2D eigenvalue weighted by molar-refractivity contribution is 5.76. The Morgan fingerprint density at radius 3 is 2.35 bits per heavy atom. The molecule has 0 aliphatic carbocycles. The number of ether oxygens (including phenoxy) is 1. The van der Waals surface area contributed by atoms with Crippen LogP contribution in [0.2, 0.25) is 0 Å². The molecule has 3 rings (SSSR count). The van der Waals surface area contributed by atoms with Crippen molar-refractivity contribution in [3.8, 4) is 0 Å². The molecule has 0 aromatic heterocycles. The van der Waals surface area contributed by atoms with Gasteiger partial charge in [-0.2, -0.15) is 0 Å². The first-order valence-electron chi connectivity index (χ1n) is 8.10. The predicted molar refractivity (Wildman–Crippen MR) is 77.5 cm³/mol. The number of carbonyl (C=O) groups is 1. The maximum Gasteiger partial charge on any atom is 0.222 e. The van der Waals surface area contributed by atoms with E-state index in [1.165, 1.54) is 19.4 Å². The van der Waals surface area contributed by atoms with Crippen LogP contribution in [0.1, 0.15) is 19.3 Å². The minimum absolute atomic E-state index is 0.376. The number of rotatable bonds is 4. The van der Waals surface area contributed by atoms with Crippen molar-refractivity contribution in [1.29, 1.82) is 0 Å². The number of hydrogen-bond acceptors (Lipinski definition) is 4. The summed E-state index contributed by atoms with van der Waals surface area (Å²) in [5.41, 5.74) is 0. The average Bonchev–Trinajstić information content (AvgIpc) is 2.44. The number of piperidine rings is 1. The molecule has 3 heterocycles. The van der Waals surface area contributed by atoms with Gasteiger partial charge in [0.2, 0.25) is 5.91 Å². The molecule has 3 aliphatic rings. The minimum atomic E-state index is 0.376. The molecule has 3 saturated heterocycles. The molecule has 0 bridgehead atoms. The van der Waals surface area contributed by atoms with Crippen molar-refractivity contribution < 1.29 is 9.53 Å². The van der Waals surface area contributed by atoms with E-state index >= 15 is 0 Å². The molecule has 0 aromatic rings. The lowest BCUT2D eigenvalue weighted by Crippen LogP contribution is -2.47. The molecule has 20 heavy (non-hydrogen) atoms. The van der Waals surface area contributed by atoms with E-state index in [0.717, 1.165) is 64.8 Å². The smallest absolute Gasteiger partial charge is 0.222 e. The fourth-order valence-electron chi connectivity index (χ4n) is 3.38. The van der Waals surface area contributed by atoms with Gasteiger partial charge in [0.1, 0.15) is 0 Å². The minimum Gasteiger partial charge on any atom is -0.379 e. The van der Waals surface area contributed by atoms with Gasteiger partial charge in [0.15, 0.2) is 0 Å². The van der Waals surface area contributed by atoms with Crippen molar-refractivity contribution in [2.24, 2.45) is 11.8 Å². The Morgan fingerprint density at radius 1 is 1.05 bits per heavy atom. The summed E-state index contributed by atoms with van der Waals surface area (Å²) in [7, 11) is 0. The number of likely N-dealkylation sites (tertiary alicyclic amines) is 1. The van der Waals surface area contributed by atoms with E-state index in [-0.39, 0.29) is 0 Å². The highest BCUT2D eigenvalue weighted by Crippen LogP contribution is 2.21. The van der Waals surface area contributed by atoms with E-state index in [1.807, 2.05) is 0 Å². The van der Waals surface area contributed by atoms with Crippen LogP contribution in [0.4, 0.5) is 0 Å². The Labute approximate surface area is 121 Å². The number of morpholine rings is 1. The summed E-state index contributed by atoms with van der Waals surface area (Å²) >= 11 is 0. The van der Waals surface area contributed by atoms with Crippen LogP contribution in [0, 0.1) is 11.8 Å². The molecule has 0 radical (unpaired) electrons. The van der Waals surface area contributed by atoms with Crippen molar-refractivity contribution in [1.82, 2.24) is 15.1 Å². The van der Waals surface area contributed by atoms with Crippen molar-refractivity contribution in [3.05, 3.63) is 0 Å². The molecule has 5 heteroatoms. The number of amides is 1. The van der Waals surface area contributed by atoms with Gasteiger partial charge in [-0.25, -0.2) is 0 Å². The normalized spacial score (nSPS) is 26.5. The van der Waals surface area contributed by atoms with Crippen LogP contribution in [0.3, 0.4) is 0 Å². The van der Waals surface area contributed by atoms with E-state index < -0.39 is 0 Å². The molecule has 3 aliphatic heterocycles. The largest absolute Gasteiger partial charge is 0.379 e. The van der Waals surface area contributed by atoms with Gasteiger partial charge in [-0.3, -0.25) is 9.69 Å². The first-order chi connectivity index (χ1) is 9.81. The zero-order valence-corrected chi connectivity index (χ0v) is 12.4. The molecule has 0 unspecified atom stereocenters. The third-order valence-corrected chi connectivity index (χ3v) is 4.92. The molecule has 1 amide bonds. The maximum atomic E-state index is 12.2. The summed E-state index contributed by atoms with van der Waals surface area (Å²) in [5.74, 6) is 1.73. The summed E-state index contributed by atoms with van der Waals surface area (Å²) in [6.45, 7) is 9.10. The summed E-state index contributed by atoms with van der Waals surface area (Å²) in [6, 6.07) is 0. The Hall–Kier alpha value is -0.650. The predicted octanol–water partition coefficient (Wildman–Crippen LogP) is 0.167. The monoisotopic (exact) mass is 281 g/mol. The van der Waals surface area contributed by atoms with Gasteiger partial charge < -0.3 is 15.0 Å². The van der Waals surface area contributed by atoms with E-state index in [4.69, 9.17) is 4.74 Å². The zero-order valence-electron chi connectivity index (χ0n) is 12.4. The summed E-state index contributed by atoms with van der Waals surface area (Å²) in [4.78, 5) is 16.8. The van der Waals surface area contributed by atoms with Crippen LogP contribution in [0.25, 0.3) is 0 Å². The molecule has 0 saturated carbocycles. The zero-order chi connectivity index (χ0) is 13.8. The van der Waals surface area contributed by atoms with E-state index in [0.29, 0.717) is 11.8 Å². The first kappa shape index (κ1) is 14.3. The SMILES string of the molecule is O=C(CC1CNC1)N1CCC(CN2CCOCC2)CC1. The fourth-order valence-corrected chi connectivity index (χ4v) is 3.38. The fraction of sp³-hybridized carbons (Fsp3) is 0.933. The van der Waals surface area contributed by atoms with Gasteiger partial charge in [0.25, 0.3) is 0 Å². The van der Waals surface area contributed by atoms with Crippen LogP contribution in [-0.4, -0.2) is 74.7 Å². The molecule has 1 N–H and O–H groups in total. The van der Waals surface area contributed by atoms with E-state index in [1.54, 1.807) is 0 Å². The molecule has 3 fully saturated rings. The lowest BCUT2D eigenvalue weighted by atomic mass is 9.94. The van der Waals surface area contributed by atoms with E-state index in [9.17, 15) is 4.79 Å². The van der Waals surface area contributed by atoms with E-state index in [2.05, 4.69) is 15.1 Å². The standard InChI is InChI=1S/C15H27N3O2/c19-15(9-14-10-16-11-14)18-3-1-13(2-4-18)12-17-5-7-20-8-6-17/h13-14,16H,1-12H2. The quantitative estimate of drug-likeness (QED) is 0.798. The second-order valence-electron chi connectivity index (χ2n) is 6.47. The van der Waals surface area contributed by atoms with Gasteiger partial charge in [0.05, 0.1) is 13.2 Å². The molecule has 0 atom stereocenters. The second kappa shape index (κ2) is 6.87. The Bertz CT molecular complexity index is 319. The molecule has 114 valence electrons. The number of nitrogens with one attached hydrogen (secondary N) is 1. The van der Waals surface area contributed by atoms with Crippen molar-refractivity contribution in [2.45, 2.75) is 19.3 Å². The van der Waals surface area contributed by atoms with Gasteiger partial charge in [-0.1, -0.05) is 0 Å².